The molecule has 1 aliphatic rings. The van der Waals surface area contributed by atoms with Crippen molar-refractivity contribution >= 4 is 29.2 Å². The van der Waals surface area contributed by atoms with Gasteiger partial charge in [0, 0.05) is 11.1 Å². The molecule has 1 N–H and O–H groups in total. The topological polar surface area (TPSA) is 67.3 Å². The zero-order chi connectivity index (χ0) is 15.5. The van der Waals surface area contributed by atoms with Crippen molar-refractivity contribution in [2.45, 2.75) is 26.4 Å². The fourth-order valence-corrected chi connectivity index (χ4v) is 2.98. The molecule has 2 aromatic heterocycles. The number of thiophene rings is 1. The van der Waals surface area contributed by atoms with E-state index in [4.69, 9.17) is 4.74 Å². The standard InChI is InChI=1S/C15H18N4O2S/c1-10(2)12-9-21-15(20)19(12)13-5-6-16-14(18-13)17-8-11-4-3-7-22-11/h3-7,10,12H,8-9H2,1-2H3,(H,16,17,18)/t12-/m1/s1. The number of nitrogens with zero attached hydrogens (tertiary/aromatic N) is 3. The number of aromatic nitrogens is 2. The minimum atomic E-state index is -0.346. The first-order valence-electron chi connectivity index (χ1n) is 7.20. The van der Waals surface area contributed by atoms with E-state index in [2.05, 4.69) is 29.1 Å². The molecule has 0 aromatic carbocycles. The van der Waals surface area contributed by atoms with Gasteiger partial charge in [-0.25, -0.2) is 9.78 Å². The number of ether oxygens (including phenoxy) is 1. The molecule has 1 saturated heterocycles. The van der Waals surface area contributed by atoms with Crippen molar-refractivity contribution in [3.63, 3.8) is 0 Å². The predicted octanol–water partition coefficient (Wildman–Crippen LogP) is 3.13. The molecule has 1 aliphatic heterocycles. The first-order chi connectivity index (χ1) is 10.6. The normalized spacial score (nSPS) is 17.9. The van der Waals surface area contributed by atoms with Crippen molar-refractivity contribution in [2.75, 3.05) is 16.8 Å². The van der Waals surface area contributed by atoms with E-state index >= 15 is 0 Å². The van der Waals surface area contributed by atoms with Crippen molar-refractivity contribution in [2.24, 2.45) is 5.92 Å². The maximum atomic E-state index is 12.0. The Morgan fingerprint density at radius 3 is 3.09 bits per heavy atom. The lowest BCUT2D eigenvalue weighted by atomic mass is 10.0. The van der Waals surface area contributed by atoms with Gasteiger partial charge in [-0.2, -0.15) is 4.98 Å². The van der Waals surface area contributed by atoms with Gasteiger partial charge in [-0.1, -0.05) is 19.9 Å². The molecule has 22 heavy (non-hydrogen) atoms. The molecule has 0 unspecified atom stereocenters. The van der Waals surface area contributed by atoms with E-state index in [1.54, 1.807) is 28.5 Å². The number of carbonyl (C=O) groups excluding carboxylic acids is 1. The van der Waals surface area contributed by atoms with Crippen LogP contribution in [-0.4, -0.2) is 28.7 Å². The van der Waals surface area contributed by atoms with Crippen LogP contribution in [-0.2, 0) is 11.3 Å². The van der Waals surface area contributed by atoms with Crippen molar-refractivity contribution in [1.82, 2.24) is 9.97 Å². The highest BCUT2D eigenvalue weighted by atomic mass is 32.1. The van der Waals surface area contributed by atoms with E-state index in [0.29, 0.717) is 30.8 Å². The first kappa shape index (κ1) is 14.8. The first-order valence-corrected chi connectivity index (χ1v) is 8.08. The van der Waals surface area contributed by atoms with Crippen molar-refractivity contribution in [3.8, 4) is 0 Å². The second kappa shape index (κ2) is 6.31. The summed E-state index contributed by atoms with van der Waals surface area (Å²) in [4.78, 5) is 23.4. The van der Waals surface area contributed by atoms with Crippen LogP contribution < -0.4 is 10.2 Å². The summed E-state index contributed by atoms with van der Waals surface area (Å²) in [7, 11) is 0. The SMILES string of the molecule is CC(C)[C@H]1COC(=O)N1c1ccnc(NCc2cccs2)n1. The number of hydrogen-bond acceptors (Lipinski definition) is 6. The molecule has 0 bridgehead atoms. The van der Waals surface area contributed by atoms with Gasteiger partial charge in [0.2, 0.25) is 5.95 Å². The quantitative estimate of drug-likeness (QED) is 0.917. The van der Waals surface area contributed by atoms with Crippen LogP contribution in [0.1, 0.15) is 18.7 Å². The molecular weight excluding hydrogens is 300 g/mol. The van der Waals surface area contributed by atoms with Crippen molar-refractivity contribution in [1.29, 1.82) is 0 Å². The van der Waals surface area contributed by atoms with E-state index in [-0.39, 0.29) is 12.1 Å². The number of hydrogen-bond donors (Lipinski definition) is 1. The molecule has 0 radical (unpaired) electrons. The number of rotatable bonds is 5. The van der Waals surface area contributed by atoms with Crippen molar-refractivity contribution in [3.05, 3.63) is 34.7 Å². The Bertz CT molecular complexity index is 645. The molecule has 1 atom stereocenters. The average Bonchev–Trinajstić information content (AvgIpc) is 3.14. The van der Waals surface area contributed by atoms with Gasteiger partial charge in [-0.15, -0.1) is 11.3 Å². The highest BCUT2D eigenvalue weighted by molar-refractivity contribution is 7.09. The summed E-state index contributed by atoms with van der Waals surface area (Å²) < 4.78 is 5.16. The minimum Gasteiger partial charge on any atom is -0.447 e. The fourth-order valence-electron chi connectivity index (χ4n) is 2.34. The lowest BCUT2D eigenvalue weighted by Gasteiger charge is -2.23. The summed E-state index contributed by atoms with van der Waals surface area (Å²) in [6.07, 6.45) is 1.31. The summed E-state index contributed by atoms with van der Waals surface area (Å²) >= 11 is 1.67. The molecular formula is C15H18N4O2S. The van der Waals surface area contributed by atoms with Crippen LogP contribution in [0.25, 0.3) is 0 Å². The van der Waals surface area contributed by atoms with Gasteiger partial charge in [-0.05, 0) is 23.4 Å². The van der Waals surface area contributed by atoms with Crippen LogP contribution >= 0.6 is 11.3 Å². The maximum Gasteiger partial charge on any atom is 0.415 e. The minimum absolute atomic E-state index is 0.00699. The molecule has 6 nitrogen and oxygen atoms in total. The fraction of sp³-hybridized carbons (Fsp3) is 0.400. The monoisotopic (exact) mass is 318 g/mol. The molecule has 2 aromatic rings. The van der Waals surface area contributed by atoms with E-state index in [9.17, 15) is 4.79 Å². The van der Waals surface area contributed by atoms with Crippen LogP contribution in [0, 0.1) is 5.92 Å². The third-order valence-corrected chi connectivity index (χ3v) is 4.44. The smallest absolute Gasteiger partial charge is 0.415 e. The van der Waals surface area contributed by atoms with Gasteiger partial charge in [0.1, 0.15) is 12.4 Å². The van der Waals surface area contributed by atoms with Crippen LogP contribution in [0.4, 0.5) is 16.6 Å². The molecule has 1 amide bonds. The molecule has 1 fully saturated rings. The highest BCUT2D eigenvalue weighted by Crippen LogP contribution is 2.25. The molecule has 3 rings (SSSR count). The third kappa shape index (κ3) is 3.04. The third-order valence-electron chi connectivity index (χ3n) is 3.56. The Labute approximate surface area is 133 Å². The van der Waals surface area contributed by atoms with Gasteiger partial charge < -0.3 is 10.1 Å². The number of nitrogens with one attached hydrogen (secondary N) is 1. The summed E-state index contributed by atoms with van der Waals surface area (Å²) in [6.45, 7) is 5.20. The van der Waals surface area contributed by atoms with Gasteiger partial charge in [-0.3, -0.25) is 4.90 Å². The van der Waals surface area contributed by atoms with E-state index < -0.39 is 0 Å². The Hall–Kier alpha value is -2.15. The highest BCUT2D eigenvalue weighted by Gasteiger charge is 2.37. The second-order valence-corrected chi connectivity index (χ2v) is 6.46. The largest absolute Gasteiger partial charge is 0.447 e. The van der Waals surface area contributed by atoms with Crippen LogP contribution in [0.15, 0.2) is 29.8 Å². The Morgan fingerprint density at radius 2 is 2.36 bits per heavy atom. The molecule has 116 valence electrons. The average molecular weight is 318 g/mol. The molecule has 7 heteroatoms. The maximum absolute atomic E-state index is 12.0. The zero-order valence-electron chi connectivity index (χ0n) is 12.5. The molecule has 0 spiro atoms. The Kier molecular flexibility index (Phi) is 4.24. The molecule has 0 aliphatic carbocycles. The van der Waals surface area contributed by atoms with Crippen LogP contribution in [0.5, 0.6) is 0 Å². The summed E-state index contributed by atoms with van der Waals surface area (Å²) in [5.41, 5.74) is 0. The van der Waals surface area contributed by atoms with Gasteiger partial charge >= 0.3 is 6.09 Å². The second-order valence-electron chi connectivity index (χ2n) is 5.43. The molecule has 3 heterocycles. The number of cyclic esters (lactones) is 1. The van der Waals surface area contributed by atoms with Gasteiger partial charge in [0.15, 0.2) is 0 Å². The van der Waals surface area contributed by atoms with E-state index in [0.717, 1.165) is 0 Å². The summed E-state index contributed by atoms with van der Waals surface area (Å²) in [5, 5.41) is 5.21. The number of anilines is 2. The predicted molar refractivity (Wildman–Crippen MR) is 86.1 cm³/mol. The summed E-state index contributed by atoms with van der Waals surface area (Å²) in [6, 6.07) is 5.80. The van der Waals surface area contributed by atoms with Gasteiger partial charge in [0.25, 0.3) is 0 Å². The Balaban J connectivity index is 1.76. The van der Waals surface area contributed by atoms with Gasteiger partial charge in [0.05, 0.1) is 12.6 Å². The number of amides is 1. The van der Waals surface area contributed by atoms with Crippen LogP contribution in [0.2, 0.25) is 0 Å². The zero-order valence-corrected chi connectivity index (χ0v) is 13.3. The van der Waals surface area contributed by atoms with E-state index in [1.807, 2.05) is 17.5 Å². The lowest BCUT2D eigenvalue weighted by Crippen LogP contribution is -2.37. The van der Waals surface area contributed by atoms with E-state index in [1.165, 1.54) is 4.88 Å². The van der Waals surface area contributed by atoms with Crippen molar-refractivity contribution < 1.29 is 9.53 Å². The van der Waals surface area contributed by atoms with Crippen LogP contribution in [0.3, 0.4) is 0 Å². The summed E-state index contributed by atoms with van der Waals surface area (Å²) in [5.74, 6) is 1.38. The lowest BCUT2D eigenvalue weighted by molar-refractivity contribution is 0.177. The Morgan fingerprint density at radius 1 is 1.50 bits per heavy atom. The number of carbonyl (C=O) groups is 1. The molecule has 0 saturated carbocycles.